The molecule has 0 aromatic heterocycles. The van der Waals surface area contributed by atoms with Crippen LogP contribution in [0.15, 0.2) is 24.3 Å². The minimum Gasteiger partial charge on any atom is -0.396 e. The van der Waals surface area contributed by atoms with E-state index in [-0.39, 0.29) is 18.3 Å². The van der Waals surface area contributed by atoms with Crippen LogP contribution in [0.2, 0.25) is 0 Å². The maximum absolute atomic E-state index is 11.1. The van der Waals surface area contributed by atoms with Gasteiger partial charge in [0.1, 0.15) is 9.84 Å². The topological polar surface area (TPSA) is 54.4 Å². The number of aryl methyl sites for hydroxylation is 1. The number of sulfone groups is 1. The molecule has 1 aromatic carbocycles. The lowest BCUT2D eigenvalue weighted by molar-refractivity contribution is 0.222. The van der Waals surface area contributed by atoms with Crippen LogP contribution in [0, 0.1) is 12.8 Å². The molecule has 0 aliphatic carbocycles. The molecule has 0 spiro atoms. The fraction of sp³-hybridized carbons (Fsp3) is 0.538. The van der Waals surface area contributed by atoms with E-state index in [9.17, 15) is 13.5 Å². The Balaban J connectivity index is 2.55. The molecule has 3 nitrogen and oxygen atoms in total. The zero-order valence-corrected chi connectivity index (χ0v) is 11.2. The summed E-state index contributed by atoms with van der Waals surface area (Å²) in [7, 11) is -2.94. The third-order valence-electron chi connectivity index (χ3n) is 2.80. The zero-order valence-electron chi connectivity index (χ0n) is 10.4. The summed E-state index contributed by atoms with van der Waals surface area (Å²) in [6.45, 7) is 2.06. The van der Waals surface area contributed by atoms with Crippen molar-refractivity contribution >= 4 is 9.84 Å². The van der Waals surface area contributed by atoms with Crippen LogP contribution in [0.3, 0.4) is 0 Å². The molecule has 17 heavy (non-hydrogen) atoms. The van der Waals surface area contributed by atoms with E-state index in [0.717, 1.165) is 12.0 Å². The summed E-state index contributed by atoms with van der Waals surface area (Å²) in [5, 5.41) is 9.24. The van der Waals surface area contributed by atoms with Gasteiger partial charge in [-0.25, -0.2) is 8.42 Å². The standard InChI is InChI=1S/C13H20O3S/c1-11-3-5-12(6-4-11)9-13(10-14)7-8-17(2,15)16/h3-6,13-14H,7-10H2,1-2H3. The molecule has 0 fully saturated rings. The van der Waals surface area contributed by atoms with Gasteiger partial charge in [0.25, 0.3) is 0 Å². The number of hydrogen-bond donors (Lipinski definition) is 1. The van der Waals surface area contributed by atoms with Crippen LogP contribution in [-0.4, -0.2) is 32.1 Å². The first-order chi connectivity index (χ1) is 7.90. The first kappa shape index (κ1) is 14.2. The Morgan fingerprint density at radius 3 is 2.29 bits per heavy atom. The van der Waals surface area contributed by atoms with E-state index in [2.05, 4.69) is 0 Å². The SMILES string of the molecule is Cc1ccc(CC(CO)CCS(C)(=O)=O)cc1. The van der Waals surface area contributed by atoms with E-state index in [1.54, 1.807) is 0 Å². The average molecular weight is 256 g/mol. The van der Waals surface area contributed by atoms with Gasteiger partial charge in [-0.2, -0.15) is 0 Å². The Kier molecular flexibility index (Phi) is 5.15. The second kappa shape index (κ2) is 6.17. The van der Waals surface area contributed by atoms with Gasteiger partial charge in [0.15, 0.2) is 0 Å². The van der Waals surface area contributed by atoms with Gasteiger partial charge in [0.05, 0.1) is 5.75 Å². The molecule has 1 rings (SSSR count). The molecule has 0 radical (unpaired) electrons. The summed E-state index contributed by atoms with van der Waals surface area (Å²) in [5.74, 6) is 0.164. The lowest BCUT2D eigenvalue weighted by atomic mass is 9.97. The largest absolute Gasteiger partial charge is 0.396 e. The zero-order chi connectivity index (χ0) is 12.9. The molecule has 1 unspecified atom stereocenters. The summed E-state index contributed by atoms with van der Waals surface area (Å²) in [6, 6.07) is 8.11. The molecular formula is C13H20O3S. The van der Waals surface area contributed by atoms with E-state index < -0.39 is 9.84 Å². The average Bonchev–Trinajstić information content (AvgIpc) is 2.25. The Morgan fingerprint density at radius 1 is 1.24 bits per heavy atom. The lowest BCUT2D eigenvalue weighted by Crippen LogP contribution is -2.15. The lowest BCUT2D eigenvalue weighted by Gasteiger charge is -2.13. The Hall–Kier alpha value is -0.870. The van der Waals surface area contributed by atoms with Crippen LogP contribution in [-0.2, 0) is 16.3 Å². The van der Waals surface area contributed by atoms with Gasteiger partial charge < -0.3 is 5.11 Å². The highest BCUT2D eigenvalue weighted by Gasteiger charge is 2.12. The van der Waals surface area contributed by atoms with Crippen molar-refractivity contribution in [1.29, 1.82) is 0 Å². The predicted octanol–water partition coefficient (Wildman–Crippen LogP) is 1.58. The van der Waals surface area contributed by atoms with Crippen LogP contribution in [0.1, 0.15) is 17.5 Å². The Morgan fingerprint density at radius 2 is 1.82 bits per heavy atom. The quantitative estimate of drug-likeness (QED) is 0.840. The smallest absolute Gasteiger partial charge is 0.147 e. The normalized spacial score (nSPS) is 13.6. The van der Waals surface area contributed by atoms with Crippen molar-refractivity contribution in [2.75, 3.05) is 18.6 Å². The first-order valence-electron chi connectivity index (χ1n) is 5.75. The number of aliphatic hydroxyl groups is 1. The summed E-state index contributed by atoms with van der Waals surface area (Å²) < 4.78 is 22.1. The van der Waals surface area contributed by atoms with Crippen LogP contribution >= 0.6 is 0 Å². The molecule has 0 aliphatic heterocycles. The molecule has 0 saturated carbocycles. The second-order valence-electron chi connectivity index (χ2n) is 4.66. The third kappa shape index (κ3) is 5.84. The second-order valence-corrected chi connectivity index (χ2v) is 6.92. The highest BCUT2D eigenvalue weighted by molar-refractivity contribution is 7.90. The van der Waals surface area contributed by atoms with E-state index in [4.69, 9.17) is 0 Å². The molecule has 0 saturated heterocycles. The molecule has 0 aliphatic rings. The van der Waals surface area contributed by atoms with Gasteiger partial charge in [-0.15, -0.1) is 0 Å². The fourth-order valence-corrected chi connectivity index (χ4v) is 2.46. The van der Waals surface area contributed by atoms with Crippen molar-refractivity contribution in [1.82, 2.24) is 0 Å². The first-order valence-corrected chi connectivity index (χ1v) is 7.81. The number of benzene rings is 1. The maximum Gasteiger partial charge on any atom is 0.147 e. The van der Waals surface area contributed by atoms with Crippen molar-refractivity contribution in [3.63, 3.8) is 0 Å². The molecule has 1 aromatic rings. The predicted molar refractivity (Wildman–Crippen MR) is 69.8 cm³/mol. The molecule has 1 N–H and O–H groups in total. The molecule has 0 bridgehead atoms. The summed E-state index contributed by atoms with van der Waals surface area (Å²) in [5.41, 5.74) is 2.34. The van der Waals surface area contributed by atoms with Gasteiger partial charge in [0, 0.05) is 12.9 Å². The summed E-state index contributed by atoms with van der Waals surface area (Å²) in [4.78, 5) is 0. The van der Waals surface area contributed by atoms with E-state index in [1.807, 2.05) is 31.2 Å². The van der Waals surface area contributed by atoms with Crippen LogP contribution < -0.4 is 0 Å². The minimum atomic E-state index is -2.94. The summed E-state index contributed by atoms with van der Waals surface area (Å²) in [6.07, 6.45) is 2.48. The molecule has 0 amide bonds. The van der Waals surface area contributed by atoms with Crippen molar-refractivity contribution in [3.05, 3.63) is 35.4 Å². The van der Waals surface area contributed by atoms with Gasteiger partial charge in [-0.1, -0.05) is 29.8 Å². The highest BCUT2D eigenvalue weighted by Crippen LogP contribution is 2.13. The van der Waals surface area contributed by atoms with Crippen molar-refractivity contribution in [3.8, 4) is 0 Å². The van der Waals surface area contributed by atoms with E-state index in [1.165, 1.54) is 11.8 Å². The molecule has 96 valence electrons. The summed E-state index contributed by atoms with van der Waals surface area (Å²) >= 11 is 0. The van der Waals surface area contributed by atoms with Gasteiger partial charge in [0.2, 0.25) is 0 Å². The van der Waals surface area contributed by atoms with Crippen LogP contribution in [0.4, 0.5) is 0 Å². The van der Waals surface area contributed by atoms with Gasteiger partial charge >= 0.3 is 0 Å². The Labute approximate surface area is 103 Å². The van der Waals surface area contributed by atoms with Crippen molar-refractivity contribution in [2.45, 2.75) is 19.8 Å². The van der Waals surface area contributed by atoms with Crippen molar-refractivity contribution < 1.29 is 13.5 Å². The maximum atomic E-state index is 11.1. The minimum absolute atomic E-state index is 0.0208. The molecule has 4 heteroatoms. The van der Waals surface area contributed by atoms with Crippen molar-refractivity contribution in [2.24, 2.45) is 5.92 Å². The van der Waals surface area contributed by atoms with Gasteiger partial charge in [-0.3, -0.25) is 0 Å². The highest BCUT2D eigenvalue weighted by atomic mass is 32.2. The molecule has 1 atom stereocenters. The van der Waals surface area contributed by atoms with Crippen LogP contribution in [0.5, 0.6) is 0 Å². The molecular weight excluding hydrogens is 236 g/mol. The number of aliphatic hydroxyl groups excluding tert-OH is 1. The third-order valence-corrected chi connectivity index (χ3v) is 3.78. The van der Waals surface area contributed by atoms with Gasteiger partial charge in [-0.05, 0) is 31.2 Å². The fourth-order valence-electron chi connectivity index (χ4n) is 1.70. The van der Waals surface area contributed by atoms with E-state index >= 15 is 0 Å². The van der Waals surface area contributed by atoms with E-state index in [0.29, 0.717) is 6.42 Å². The molecule has 0 heterocycles. The number of rotatable bonds is 6. The van der Waals surface area contributed by atoms with Crippen LogP contribution in [0.25, 0.3) is 0 Å². The number of hydrogen-bond acceptors (Lipinski definition) is 3. The Bertz CT molecular complexity index is 434. The monoisotopic (exact) mass is 256 g/mol.